The first-order chi connectivity index (χ1) is 9.81. The highest BCUT2D eigenvalue weighted by Gasteiger charge is 2.14. The standard InChI is InChI=1S/C15H11ClN2O2/c16-10-2-1-3-11-14(10)18-15(17-11)9-4-5-12-13(8-9)20-7-6-19-12/h1-5,8H,6-7H2,(H,17,18). The minimum Gasteiger partial charge on any atom is -0.486 e. The molecule has 3 aromatic rings. The third-order valence-electron chi connectivity index (χ3n) is 3.28. The van der Waals surface area contributed by atoms with Crippen molar-refractivity contribution >= 4 is 22.6 Å². The van der Waals surface area contributed by atoms with Crippen LogP contribution < -0.4 is 9.47 Å². The van der Waals surface area contributed by atoms with E-state index in [0.29, 0.717) is 18.2 Å². The third kappa shape index (κ3) is 1.80. The predicted octanol–water partition coefficient (Wildman–Crippen LogP) is 3.65. The van der Waals surface area contributed by atoms with Crippen LogP contribution in [0.25, 0.3) is 22.4 Å². The van der Waals surface area contributed by atoms with Gasteiger partial charge in [0.25, 0.3) is 0 Å². The minimum atomic E-state index is 0.572. The van der Waals surface area contributed by atoms with Crippen molar-refractivity contribution in [1.29, 1.82) is 0 Å². The van der Waals surface area contributed by atoms with Crippen molar-refractivity contribution in [3.05, 3.63) is 41.4 Å². The van der Waals surface area contributed by atoms with Crippen molar-refractivity contribution in [2.75, 3.05) is 13.2 Å². The molecule has 1 aromatic heterocycles. The molecule has 100 valence electrons. The van der Waals surface area contributed by atoms with E-state index in [1.165, 1.54) is 0 Å². The van der Waals surface area contributed by atoms with E-state index in [9.17, 15) is 0 Å². The maximum absolute atomic E-state index is 6.15. The normalized spacial score (nSPS) is 13.7. The molecule has 0 aliphatic carbocycles. The number of aromatic nitrogens is 2. The van der Waals surface area contributed by atoms with Crippen molar-refractivity contribution in [3.8, 4) is 22.9 Å². The molecule has 0 saturated carbocycles. The summed E-state index contributed by atoms with van der Waals surface area (Å²) in [5, 5.41) is 0.641. The average Bonchev–Trinajstić information content (AvgIpc) is 2.92. The molecule has 5 heteroatoms. The first kappa shape index (κ1) is 11.6. The largest absolute Gasteiger partial charge is 0.486 e. The van der Waals surface area contributed by atoms with Crippen molar-refractivity contribution in [3.63, 3.8) is 0 Å². The molecule has 0 radical (unpaired) electrons. The van der Waals surface area contributed by atoms with Crippen LogP contribution in [-0.4, -0.2) is 23.2 Å². The monoisotopic (exact) mass is 286 g/mol. The Morgan fingerprint density at radius 2 is 1.90 bits per heavy atom. The molecule has 1 aliphatic heterocycles. The van der Waals surface area contributed by atoms with Gasteiger partial charge in [0, 0.05) is 5.56 Å². The number of aromatic amines is 1. The van der Waals surface area contributed by atoms with Gasteiger partial charge in [0.1, 0.15) is 24.6 Å². The van der Waals surface area contributed by atoms with E-state index in [4.69, 9.17) is 21.1 Å². The van der Waals surface area contributed by atoms with Crippen LogP contribution in [0.3, 0.4) is 0 Å². The lowest BCUT2D eigenvalue weighted by molar-refractivity contribution is 0.171. The maximum Gasteiger partial charge on any atom is 0.162 e. The Morgan fingerprint density at radius 1 is 1.05 bits per heavy atom. The molecule has 0 spiro atoms. The van der Waals surface area contributed by atoms with Crippen LogP contribution in [0.15, 0.2) is 36.4 Å². The number of rotatable bonds is 1. The van der Waals surface area contributed by atoms with Crippen LogP contribution in [0.1, 0.15) is 0 Å². The van der Waals surface area contributed by atoms with Crippen molar-refractivity contribution in [1.82, 2.24) is 9.97 Å². The molecule has 4 nitrogen and oxygen atoms in total. The van der Waals surface area contributed by atoms with Crippen molar-refractivity contribution in [2.45, 2.75) is 0 Å². The van der Waals surface area contributed by atoms with Crippen LogP contribution in [-0.2, 0) is 0 Å². The second kappa shape index (κ2) is 4.42. The first-order valence-electron chi connectivity index (χ1n) is 6.35. The zero-order chi connectivity index (χ0) is 13.5. The highest BCUT2D eigenvalue weighted by Crippen LogP contribution is 2.34. The van der Waals surface area contributed by atoms with Gasteiger partial charge < -0.3 is 14.5 Å². The third-order valence-corrected chi connectivity index (χ3v) is 3.58. The number of imidazole rings is 1. The molecule has 1 N–H and O–H groups in total. The molecule has 1 aliphatic rings. The Labute approximate surface area is 120 Å². The zero-order valence-electron chi connectivity index (χ0n) is 10.5. The summed E-state index contributed by atoms with van der Waals surface area (Å²) in [6.07, 6.45) is 0. The van der Waals surface area contributed by atoms with E-state index >= 15 is 0 Å². The fraction of sp³-hybridized carbons (Fsp3) is 0.133. The maximum atomic E-state index is 6.15. The average molecular weight is 287 g/mol. The number of hydrogen-bond donors (Lipinski definition) is 1. The highest BCUT2D eigenvalue weighted by atomic mass is 35.5. The minimum absolute atomic E-state index is 0.572. The molecule has 0 bridgehead atoms. The Balaban J connectivity index is 1.84. The summed E-state index contributed by atoms with van der Waals surface area (Å²) in [5.74, 6) is 2.29. The number of nitrogens with one attached hydrogen (secondary N) is 1. The second-order valence-electron chi connectivity index (χ2n) is 4.58. The molecular formula is C15H11ClN2O2. The molecule has 4 rings (SSSR count). The molecule has 0 atom stereocenters. The van der Waals surface area contributed by atoms with E-state index in [-0.39, 0.29) is 0 Å². The fourth-order valence-electron chi connectivity index (χ4n) is 2.32. The van der Waals surface area contributed by atoms with E-state index in [2.05, 4.69) is 9.97 Å². The smallest absolute Gasteiger partial charge is 0.162 e. The van der Waals surface area contributed by atoms with Crippen molar-refractivity contribution < 1.29 is 9.47 Å². The Morgan fingerprint density at radius 3 is 2.75 bits per heavy atom. The van der Waals surface area contributed by atoms with Gasteiger partial charge in [0.2, 0.25) is 0 Å². The van der Waals surface area contributed by atoms with Gasteiger partial charge in [-0.2, -0.15) is 0 Å². The quantitative estimate of drug-likeness (QED) is 0.743. The van der Waals surface area contributed by atoms with E-state index < -0.39 is 0 Å². The fourth-order valence-corrected chi connectivity index (χ4v) is 2.54. The molecule has 20 heavy (non-hydrogen) atoms. The van der Waals surface area contributed by atoms with Gasteiger partial charge in [-0.1, -0.05) is 17.7 Å². The molecular weight excluding hydrogens is 276 g/mol. The lowest BCUT2D eigenvalue weighted by atomic mass is 10.2. The Bertz CT molecular complexity index is 798. The number of hydrogen-bond acceptors (Lipinski definition) is 3. The van der Waals surface area contributed by atoms with Gasteiger partial charge in [0.05, 0.1) is 10.5 Å². The Hall–Kier alpha value is -2.20. The molecule has 0 fully saturated rings. The summed E-state index contributed by atoms with van der Waals surface area (Å²) < 4.78 is 11.1. The number of benzene rings is 2. The second-order valence-corrected chi connectivity index (χ2v) is 4.99. The van der Waals surface area contributed by atoms with Gasteiger partial charge in [-0.25, -0.2) is 4.98 Å². The summed E-state index contributed by atoms with van der Waals surface area (Å²) in [5.41, 5.74) is 2.64. The van der Waals surface area contributed by atoms with E-state index in [1.54, 1.807) is 0 Å². The predicted molar refractivity (Wildman–Crippen MR) is 77.5 cm³/mol. The summed E-state index contributed by atoms with van der Waals surface area (Å²) in [6.45, 7) is 1.16. The molecule has 0 amide bonds. The van der Waals surface area contributed by atoms with Gasteiger partial charge in [-0.15, -0.1) is 0 Å². The molecule has 0 unspecified atom stereocenters. The summed E-state index contributed by atoms with van der Waals surface area (Å²) in [7, 11) is 0. The van der Waals surface area contributed by atoms with E-state index in [1.807, 2.05) is 36.4 Å². The SMILES string of the molecule is Clc1cccc2[nH]c(-c3ccc4c(c3)OCCO4)nc12. The number of fused-ring (bicyclic) bond motifs is 2. The molecule has 2 aromatic carbocycles. The van der Waals surface area contributed by atoms with Gasteiger partial charge in [0.15, 0.2) is 11.5 Å². The molecule has 0 saturated heterocycles. The number of para-hydroxylation sites is 1. The van der Waals surface area contributed by atoms with Gasteiger partial charge in [-0.3, -0.25) is 0 Å². The number of halogens is 1. The number of ether oxygens (including phenoxy) is 2. The van der Waals surface area contributed by atoms with Gasteiger partial charge >= 0.3 is 0 Å². The lowest BCUT2D eigenvalue weighted by Gasteiger charge is -2.18. The molecule has 2 heterocycles. The van der Waals surface area contributed by atoms with Crippen molar-refractivity contribution in [2.24, 2.45) is 0 Å². The van der Waals surface area contributed by atoms with Gasteiger partial charge in [-0.05, 0) is 30.3 Å². The summed E-state index contributed by atoms with van der Waals surface area (Å²) >= 11 is 6.15. The number of nitrogens with zero attached hydrogens (tertiary/aromatic N) is 1. The number of H-pyrrole nitrogens is 1. The van der Waals surface area contributed by atoms with Crippen LogP contribution in [0, 0.1) is 0 Å². The van der Waals surface area contributed by atoms with Crippen LogP contribution in [0.4, 0.5) is 0 Å². The first-order valence-corrected chi connectivity index (χ1v) is 6.73. The topological polar surface area (TPSA) is 47.1 Å². The highest BCUT2D eigenvalue weighted by molar-refractivity contribution is 6.35. The lowest BCUT2D eigenvalue weighted by Crippen LogP contribution is -2.15. The zero-order valence-corrected chi connectivity index (χ0v) is 11.3. The van der Waals surface area contributed by atoms with Crippen LogP contribution in [0.2, 0.25) is 5.02 Å². The van der Waals surface area contributed by atoms with Crippen LogP contribution >= 0.6 is 11.6 Å². The summed E-state index contributed by atoms with van der Waals surface area (Å²) in [6, 6.07) is 11.5. The summed E-state index contributed by atoms with van der Waals surface area (Å²) in [4.78, 5) is 7.82. The van der Waals surface area contributed by atoms with Crippen LogP contribution in [0.5, 0.6) is 11.5 Å². The van der Waals surface area contributed by atoms with E-state index in [0.717, 1.165) is 33.9 Å². The Kier molecular flexibility index (Phi) is 2.57.